The molecule has 0 radical (unpaired) electrons. The first-order valence-corrected chi connectivity index (χ1v) is 7.58. The lowest BCUT2D eigenvalue weighted by Crippen LogP contribution is -2.41. The number of thioether (sulfide) groups is 1. The van der Waals surface area contributed by atoms with Gasteiger partial charge in [-0.2, -0.15) is 11.8 Å². The molecular formula is C14H22N2S. The molecule has 2 rings (SSSR count). The first-order valence-electron chi connectivity index (χ1n) is 6.43. The van der Waals surface area contributed by atoms with Crippen molar-refractivity contribution in [2.45, 2.75) is 32.4 Å². The van der Waals surface area contributed by atoms with Crippen molar-refractivity contribution in [3.63, 3.8) is 0 Å². The van der Waals surface area contributed by atoms with Gasteiger partial charge >= 0.3 is 0 Å². The molecule has 0 saturated carbocycles. The van der Waals surface area contributed by atoms with Crippen molar-refractivity contribution in [1.29, 1.82) is 0 Å². The highest BCUT2D eigenvalue weighted by Gasteiger charge is 2.22. The van der Waals surface area contributed by atoms with Gasteiger partial charge in [-0.25, -0.2) is 0 Å². The molecule has 2 N–H and O–H groups in total. The van der Waals surface area contributed by atoms with Crippen LogP contribution in [-0.4, -0.2) is 24.1 Å². The Morgan fingerprint density at radius 1 is 1.47 bits per heavy atom. The van der Waals surface area contributed by atoms with Gasteiger partial charge in [0.2, 0.25) is 0 Å². The SMILES string of the molecule is CC[C@H](N)c1ccccc1N1CCSCC1C. The Kier molecular flexibility index (Phi) is 4.35. The number of nitrogens with zero attached hydrogens (tertiary/aromatic N) is 1. The minimum absolute atomic E-state index is 0.160. The molecule has 0 spiro atoms. The van der Waals surface area contributed by atoms with Gasteiger partial charge in [-0.05, 0) is 25.0 Å². The number of benzene rings is 1. The maximum atomic E-state index is 6.22. The first-order chi connectivity index (χ1) is 8.24. The van der Waals surface area contributed by atoms with Crippen molar-refractivity contribution < 1.29 is 0 Å². The van der Waals surface area contributed by atoms with E-state index in [9.17, 15) is 0 Å². The van der Waals surface area contributed by atoms with E-state index in [2.05, 4.69) is 43.0 Å². The van der Waals surface area contributed by atoms with E-state index in [1.807, 2.05) is 11.8 Å². The van der Waals surface area contributed by atoms with E-state index in [4.69, 9.17) is 5.73 Å². The van der Waals surface area contributed by atoms with Crippen LogP contribution < -0.4 is 10.6 Å². The molecule has 0 bridgehead atoms. The Labute approximate surface area is 109 Å². The maximum absolute atomic E-state index is 6.22. The van der Waals surface area contributed by atoms with Crippen LogP contribution in [0.2, 0.25) is 0 Å². The van der Waals surface area contributed by atoms with Gasteiger partial charge in [-0.1, -0.05) is 25.1 Å². The van der Waals surface area contributed by atoms with Gasteiger partial charge in [0.15, 0.2) is 0 Å². The fourth-order valence-corrected chi connectivity index (χ4v) is 3.38. The summed E-state index contributed by atoms with van der Waals surface area (Å²) in [6.45, 7) is 5.59. The summed E-state index contributed by atoms with van der Waals surface area (Å²) in [6.07, 6.45) is 0.994. The number of rotatable bonds is 3. The summed E-state index contributed by atoms with van der Waals surface area (Å²) in [4.78, 5) is 2.52. The normalized spacial score (nSPS) is 22.5. The summed E-state index contributed by atoms with van der Waals surface area (Å²) >= 11 is 2.05. The van der Waals surface area contributed by atoms with E-state index in [-0.39, 0.29) is 6.04 Å². The van der Waals surface area contributed by atoms with Crippen molar-refractivity contribution in [1.82, 2.24) is 0 Å². The zero-order chi connectivity index (χ0) is 12.3. The summed E-state index contributed by atoms with van der Waals surface area (Å²) < 4.78 is 0. The van der Waals surface area contributed by atoms with Crippen LogP contribution in [-0.2, 0) is 0 Å². The molecule has 1 saturated heterocycles. The summed E-state index contributed by atoms with van der Waals surface area (Å²) in [7, 11) is 0. The monoisotopic (exact) mass is 250 g/mol. The summed E-state index contributed by atoms with van der Waals surface area (Å²) in [6, 6.07) is 9.38. The lowest BCUT2D eigenvalue weighted by molar-refractivity contribution is 0.664. The molecule has 1 unspecified atom stereocenters. The van der Waals surface area contributed by atoms with E-state index in [1.54, 1.807) is 0 Å². The minimum atomic E-state index is 0.160. The quantitative estimate of drug-likeness (QED) is 0.894. The average molecular weight is 250 g/mol. The van der Waals surface area contributed by atoms with Gasteiger partial charge < -0.3 is 10.6 Å². The molecule has 94 valence electrons. The highest BCUT2D eigenvalue weighted by Crippen LogP contribution is 2.30. The zero-order valence-electron chi connectivity index (χ0n) is 10.7. The van der Waals surface area contributed by atoms with Crippen LogP contribution in [0.5, 0.6) is 0 Å². The highest BCUT2D eigenvalue weighted by molar-refractivity contribution is 7.99. The molecule has 1 aliphatic heterocycles. The van der Waals surface area contributed by atoms with Gasteiger partial charge in [0.25, 0.3) is 0 Å². The van der Waals surface area contributed by atoms with E-state index >= 15 is 0 Å². The van der Waals surface area contributed by atoms with E-state index < -0.39 is 0 Å². The predicted molar refractivity (Wildman–Crippen MR) is 77.8 cm³/mol. The molecule has 3 heteroatoms. The molecule has 0 amide bonds. The van der Waals surface area contributed by atoms with Crippen LogP contribution in [0.15, 0.2) is 24.3 Å². The van der Waals surface area contributed by atoms with E-state index in [0.29, 0.717) is 6.04 Å². The summed E-state index contributed by atoms with van der Waals surface area (Å²) in [5.41, 5.74) is 8.86. The van der Waals surface area contributed by atoms with Gasteiger partial charge in [0.05, 0.1) is 0 Å². The standard InChI is InChI=1S/C14H22N2S/c1-3-13(15)12-6-4-5-7-14(12)16-8-9-17-10-11(16)2/h4-7,11,13H,3,8-10,15H2,1-2H3/t11?,13-/m0/s1. The third kappa shape index (κ3) is 2.78. The van der Waals surface area contributed by atoms with E-state index in [0.717, 1.165) is 13.0 Å². The molecule has 1 heterocycles. The highest BCUT2D eigenvalue weighted by atomic mass is 32.2. The largest absolute Gasteiger partial charge is 0.367 e. The van der Waals surface area contributed by atoms with Gasteiger partial charge in [0, 0.05) is 35.8 Å². The number of nitrogens with two attached hydrogens (primary N) is 1. The molecule has 2 atom stereocenters. The first kappa shape index (κ1) is 12.8. The zero-order valence-corrected chi connectivity index (χ0v) is 11.5. The van der Waals surface area contributed by atoms with Crippen LogP contribution in [0, 0.1) is 0 Å². The molecule has 1 aromatic rings. The Morgan fingerprint density at radius 3 is 2.94 bits per heavy atom. The van der Waals surface area contributed by atoms with Crippen LogP contribution >= 0.6 is 11.8 Å². The van der Waals surface area contributed by atoms with Crippen molar-refractivity contribution in [2.24, 2.45) is 5.73 Å². The smallest absolute Gasteiger partial charge is 0.0417 e. The van der Waals surface area contributed by atoms with Crippen molar-refractivity contribution >= 4 is 17.4 Å². The third-order valence-corrected chi connectivity index (χ3v) is 4.64. The Balaban J connectivity index is 2.30. The topological polar surface area (TPSA) is 29.3 Å². The lowest BCUT2D eigenvalue weighted by Gasteiger charge is -2.37. The number of hydrogen-bond acceptors (Lipinski definition) is 3. The minimum Gasteiger partial charge on any atom is -0.367 e. The predicted octanol–water partition coefficient (Wildman–Crippen LogP) is 3.04. The fraction of sp³-hybridized carbons (Fsp3) is 0.571. The second-order valence-electron chi connectivity index (χ2n) is 4.69. The molecular weight excluding hydrogens is 228 g/mol. The molecule has 2 nitrogen and oxygen atoms in total. The number of para-hydroxylation sites is 1. The molecule has 0 aliphatic carbocycles. The van der Waals surface area contributed by atoms with Crippen molar-refractivity contribution in [2.75, 3.05) is 23.0 Å². The Bertz CT molecular complexity index is 367. The van der Waals surface area contributed by atoms with Crippen LogP contribution in [0.4, 0.5) is 5.69 Å². The Hall–Kier alpha value is -0.670. The molecule has 0 aromatic heterocycles. The molecule has 1 aliphatic rings. The fourth-order valence-electron chi connectivity index (χ4n) is 2.37. The van der Waals surface area contributed by atoms with Gasteiger partial charge in [0.1, 0.15) is 0 Å². The molecule has 1 aromatic carbocycles. The summed E-state index contributed by atoms with van der Waals surface area (Å²) in [5, 5.41) is 0. The van der Waals surface area contributed by atoms with E-state index in [1.165, 1.54) is 22.8 Å². The summed E-state index contributed by atoms with van der Waals surface area (Å²) in [5.74, 6) is 2.44. The van der Waals surface area contributed by atoms with Crippen LogP contribution in [0.25, 0.3) is 0 Å². The lowest BCUT2D eigenvalue weighted by atomic mass is 10.0. The van der Waals surface area contributed by atoms with Gasteiger partial charge in [-0.3, -0.25) is 0 Å². The maximum Gasteiger partial charge on any atom is 0.0417 e. The van der Waals surface area contributed by atoms with Crippen molar-refractivity contribution in [3.8, 4) is 0 Å². The van der Waals surface area contributed by atoms with Crippen LogP contribution in [0.1, 0.15) is 31.9 Å². The van der Waals surface area contributed by atoms with Crippen molar-refractivity contribution in [3.05, 3.63) is 29.8 Å². The Morgan fingerprint density at radius 2 is 2.24 bits per heavy atom. The number of anilines is 1. The average Bonchev–Trinajstić information content (AvgIpc) is 2.38. The number of hydrogen-bond donors (Lipinski definition) is 1. The second kappa shape index (κ2) is 5.78. The van der Waals surface area contributed by atoms with Crippen LogP contribution in [0.3, 0.4) is 0 Å². The molecule has 1 fully saturated rings. The second-order valence-corrected chi connectivity index (χ2v) is 5.84. The third-order valence-electron chi connectivity index (χ3n) is 3.45. The van der Waals surface area contributed by atoms with Gasteiger partial charge in [-0.15, -0.1) is 0 Å². The molecule has 17 heavy (non-hydrogen) atoms.